The molecule has 0 atom stereocenters. The standard InChI is InChI=1S/C8H10O.C6H13N/c9-7-6-8-4-2-1-3-5-8;7-6-4-2-1-3-5-6/h1-5,9H,6-7H2;6H,1-5,7H2. The normalized spacial score (nSPS) is 16.4. The fourth-order valence-corrected chi connectivity index (χ4v) is 1.91. The highest BCUT2D eigenvalue weighted by atomic mass is 16.2. The highest BCUT2D eigenvalue weighted by molar-refractivity contribution is 5.14. The van der Waals surface area contributed by atoms with Crippen molar-refractivity contribution in [1.82, 2.24) is 0 Å². The summed E-state index contributed by atoms with van der Waals surface area (Å²) in [6, 6.07) is 10.5. The van der Waals surface area contributed by atoms with Crippen LogP contribution >= 0.6 is 0 Å². The second-order valence-electron chi connectivity index (χ2n) is 4.36. The Morgan fingerprint density at radius 3 is 2.12 bits per heavy atom. The smallest absolute Gasteiger partial charge is 0.0471 e. The summed E-state index contributed by atoms with van der Waals surface area (Å²) in [4.78, 5) is 0. The minimum absolute atomic E-state index is 0.240. The van der Waals surface area contributed by atoms with E-state index in [9.17, 15) is 0 Å². The summed E-state index contributed by atoms with van der Waals surface area (Å²) in [5.41, 5.74) is 6.83. The van der Waals surface area contributed by atoms with Crippen molar-refractivity contribution in [3.8, 4) is 0 Å². The monoisotopic (exact) mass is 221 g/mol. The molecule has 3 N–H and O–H groups in total. The molecule has 2 rings (SSSR count). The molecular formula is C14H23NO. The maximum absolute atomic E-state index is 8.52. The molecule has 2 heteroatoms. The lowest BCUT2D eigenvalue weighted by Crippen LogP contribution is -2.22. The van der Waals surface area contributed by atoms with Crippen molar-refractivity contribution in [2.24, 2.45) is 5.73 Å². The van der Waals surface area contributed by atoms with E-state index in [4.69, 9.17) is 10.8 Å². The van der Waals surface area contributed by atoms with Crippen molar-refractivity contribution >= 4 is 0 Å². The third kappa shape index (κ3) is 5.89. The molecule has 0 radical (unpaired) electrons. The molecule has 0 amide bonds. The Kier molecular flexibility index (Phi) is 6.86. The zero-order chi connectivity index (χ0) is 11.6. The molecule has 90 valence electrons. The number of rotatable bonds is 2. The Morgan fingerprint density at radius 2 is 1.69 bits per heavy atom. The lowest BCUT2D eigenvalue weighted by molar-refractivity contribution is 0.299. The van der Waals surface area contributed by atoms with Crippen molar-refractivity contribution in [3.63, 3.8) is 0 Å². The number of benzene rings is 1. The van der Waals surface area contributed by atoms with Gasteiger partial charge in [0.1, 0.15) is 0 Å². The summed E-state index contributed by atoms with van der Waals surface area (Å²) in [5, 5.41) is 8.52. The van der Waals surface area contributed by atoms with E-state index in [-0.39, 0.29) is 6.61 Å². The van der Waals surface area contributed by atoms with Gasteiger partial charge in [-0.15, -0.1) is 0 Å². The highest BCUT2D eigenvalue weighted by Crippen LogP contribution is 2.14. The van der Waals surface area contributed by atoms with Crippen LogP contribution in [0.25, 0.3) is 0 Å². The van der Waals surface area contributed by atoms with Gasteiger partial charge in [-0.25, -0.2) is 0 Å². The first-order valence-electron chi connectivity index (χ1n) is 6.23. The number of hydrogen-bond acceptors (Lipinski definition) is 2. The Balaban J connectivity index is 0.000000165. The van der Waals surface area contributed by atoms with Crippen LogP contribution in [0.3, 0.4) is 0 Å². The topological polar surface area (TPSA) is 46.2 Å². The first-order chi connectivity index (χ1) is 7.83. The molecule has 0 bridgehead atoms. The number of aliphatic hydroxyl groups excluding tert-OH is 1. The van der Waals surface area contributed by atoms with Crippen molar-refractivity contribution < 1.29 is 5.11 Å². The van der Waals surface area contributed by atoms with Gasteiger partial charge in [0.2, 0.25) is 0 Å². The van der Waals surface area contributed by atoms with Crippen LogP contribution in [0.2, 0.25) is 0 Å². The van der Waals surface area contributed by atoms with E-state index in [0.717, 1.165) is 6.42 Å². The first kappa shape index (κ1) is 13.2. The van der Waals surface area contributed by atoms with E-state index in [1.54, 1.807) is 0 Å². The van der Waals surface area contributed by atoms with Crippen molar-refractivity contribution in [2.75, 3.05) is 6.61 Å². The summed E-state index contributed by atoms with van der Waals surface area (Å²) in [6.45, 7) is 0.240. The highest BCUT2D eigenvalue weighted by Gasteiger charge is 2.06. The van der Waals surface area contributed by atoms with Gasteiger partial charge in [0, 0.05) is 12.6 Å². The molecule has 2 nitrogen and oxygen atoms in total. The molecule has 0 saturated heterocycles. The van der Waals surface area contributed by atoms with Crippen LogP contribution in [0.4, 0.5) is 0 Å². The van der Waals surface area contributed by atoms with Gasteiger partial charge >= 0.3 is 0 Å². The zero-order valence-corrected chi connectivity index (χ0v) is 9.94. The molecule has 0 heterocycles. The van der Waals surface area contributed by atoms with Crippen LogP contribution in [-0.2, 0) is 6.42 Å². The maximum atomic E-state index is 8.52. The molecule has 16 heavy (non-hydrogen) atoms. The molecule has 1 aliphatic rings. The molecule has 1 aromatic rings. The Bertz CT molecular complexity index is 255. The third-order valence-electron chi connectivity index (χ3n) is 2.89. The summed E-state index contributed by atoms with van der Waals surface area (Å²) < 4.78 is 0. The Hall–Kier alpha value is -0.860. The Labute approximate surface area is 98.5 Å². The van der Waals surface area contributed by atoms with Gasteiger partial charge in [-0.2, -0.15) is 0 Å². The average molecular weight is 221 g/mol. The van der Waals surface area contributed by atoms with Crippen LogP contribution in [0.15, 0.2) is 30.3 Å². The lowest BCUT2D eigenvalue weighted by Gasteiger charge is -2.15. The molecular weight excluding hydrogens is 198 g/mol. The Morgan fingerprint density at radius 1 is 1.06 bits per heavy atom. The maximum Gasteiger partial charge on any atom is 0.0471 e. The summed E-state index contributed by atoms with van der Waals surface area (Å²) in [7, 11) is 0. The minimum atomic E-state index is 0.240. The number of hydrogen-bond donors (Lipinski definition) is 2. The molecule has 1 fully saturated rings. The predicted molar refractivity (Wildman–Crippen MR) is 68.3 cm³/mol. The van der Waals surface area contributed by atoms with Crippen LogP contribution < -0.4 is 5.73 Å². The van der Waals surface area contributed by atoms with E-state index in [1.807, 2.05) is 30.3 Å². The lowest BCUT2D eigenvalue weighted by atomic mass is 9.97. The van der Waals surface area contributed by atoms with Gasteiger partial charge in [-0.3, -0.25) is 0 Å². The molecule has 0 spiro atoms. The zero-order valence-electron chi connectivity index (χ0n) is 9.94. The van der Waals surface area contributed by atoms with Crippen LogP contribution in [0.1, 0.15) is 37.7 Å². The summed E-state index contributed by atoms with van der Waals surface area (Å²) >= 11 is 0. The molecule has 0 aromatic heterocycles. The van der Waals surface area contributed by atoms with E-state index in [1.165, 1.54) is 37.7 Å². The largest absolute Gasteiger partial charge is 0.396 e. The first-order valence-corrected chi connectivity index (χ1v) is 6.23. The number of nitrogens with two attached hydrogens (primary N) is 1. The molecule has 0 aliphatic heterocycles. The van der Waals surface area contributed by atoms with Gasteiger partial charge in [-0.1, -0.05) is 49.6 Å². The quantitative estimate of drug-likeness (QED) is 0.806. The fourth-order valence-electron chi connectivity index (χ4n) is 1.91. The van der Waals surface area contributed by atoms with E-state index < -0.39 is 0 Å². The summed E-state index contributed by atoms with van der Waals surface area (Å²) in [5.74, 6) is 0. The predicted octanol–water partition coefficient (Wildman–Crippen LogP) is 2.50. The van der Waals surface area contributed by atoms with E-state index in [0.29, 0.717) is 6.04 Å². The average Bonchev–Trinajstić information content (AvgIpc) is 2.33. The van der Waals surface area contributed by atoms with Gasteiger partial charge in [0.05, 0.1) is 0 Å². The molecule has 1 aliphatic carbocycles. The van der Waals surface area contributed by atoms with Gasteiger partial charge in [-0.05, 0) is 24.8 Å². The second-order valence-corrected chi connectivity index (χ2v) is 4.36. The minimum Gasteiger partial charge on any atom is -0.396 e. The SMILES string of the molecule is NC1CCCCC1.OCCc1ccccc1. The van der Waals surface area contributed by atoms with Gasteiger partial charge in [0.15, 0.2) is 0 Å². The second kappa shape index (κ2) is 8.31. The number of aliphatic hydroxyl groups is 1. The summed E-state index contributed by atoms with van der Waals surface area (Å²) in [6.07, 6.45) is 7.43. The van der Waals surface area contributed by atoms with Crippen molar-refractivity contribution in [1.29, 1.82) is 0 Å². The third-order valence-corrected chi connectivity index (χ3v) is 2.89. The molecule has 1 saturated carbocycles. The van der Waals surface area contributed by atoms with Crippen molar-refractivity contribution in [3.05, 3.63) is 35.9 Å². The molecule has 1 aromatic carbocycles. The van der Waals surface area contributed by atoms with Crippen LogP contribution in [0, 0.1) is 0 Å². The van der Waals surface area contributed by atoms with E-state index in [2.05, 4.69) is 0 Å². The van der Waals surface area contributed by atoms with Crippen LogP contribution in [0.5, 0.6) is 0 Å². The van der Waals surface area contributed by atoms with Crippen molar-refractivity contribution in [2.45, 2.75) is 44.6 Å². The van der Waals surface area contributed by atoms with Gasteiger partial charge in [0.25, 0.3) is 0 Å². The van der Waals surface area contributed by atoms with Crippen LogP contribution in [-0.4, -0.2) is 17.8 Å². The van der Waals surface area contributed by atoms with E-state index >= 15 is 0 Å². The molecule has 0 unspecified atom stereocenters. The fraction of sp³-hybridized carbons (Fsp3) is 0.571. The van der Waals surface area contributed by atoms with Gasteiger partial charge < -0.3 is 10.8 Å².